The van der Waals surface area contributed by atoms with Gasteiger partial charge in [-0.05, 0) is 25.1 Å². The van der Waals surface area contributed by atoms with Gasteiger partial charge in [-0.2, -0.15) is 4.31 Å². The van der Waals surface area contributed by atoms with Gasteiger partial charge in [-0.3, -0.25) is 4.79 Å². The number of sulfonamides is 1. The van der Waals surface area contributed by atoms with Crippen molar-refractivity contribution in [3.05, 3.63) is 23.2 Å². The summed E-state index contributed by atoms with van der Waals surface area (Å²) in [6.45, 7) is 2.85. The molecule has 1 aromatic carbocycles. The van der Waals surface area contributed by atoms with Crippen LogP contribution in [0.25, 0.3) is 0 Å². The molecule has 0 radical (unpaired) electrons. The minimum atomic E-state index is -3.69. The van der Waals surface area contributed by atoms with Crippen molar-refractivity contribution < 1.29 is 22.7 Å². The molecule has 8 nitrogen and oxygen atoms in total. The fraction of sp³-hybridized carbons (Fsp3) is 0.467. The summed E-state index contributed by atoms with van der Waals surface area (Å²) in [5.74, 6) is -0.0445. The van der Waals surface area contributed by atoms with E-state index < -0.39 is 16.1 Å². The van der Waals surface area contributed by atoms with Crippen LogP contribution in [-0.4, -0.2) is 57.4 Å². The molecular weight excluding hydrogens is 370 g/mol. The average Bonchev–Trinajstić information content (AvgIpc) is 2.57. The maximum Gasteiger partial charge on any atom is 0.319 e. The molecule has 25 heavy (non-hydrogen) atoms. The van der Waals surface area contributed by atoms with E-state index in [-0.39, 0.29) is 47.4 Å². The average molecular weight is 390 g/mol. The molecule has 1 aromatic rings. The molecule has 1 saturated heterocycles. The zero-order valence-electron chi connectivity index (χ0n) is 13.7. The molecule has 1 aliphatic heterocycles. The van der Waals surface area contributed by atoms with Gasteiger partial charge < -0.3 is 15.4 Å². The third-order valence-corrected chi connectivity index (χ3v) is 5.78. The fourth-order valence-corrected chi connectivity index (χ4v) is 3.81. The first-order chi connectivity index (χ1) is 11.8. The van der Waals surface area contributed by atoms with Gasteiger partial charge in [0, 0.05) is 26.1 Å². The van der Waals surface area contributed by atoms with Gasteiger partial charge in [-0.25, -0.2) is 13.2 Å². The number of morpholine rings is 1. The number of rotatable bonds is 6. The Hall–Kier alpha value is -1.68. The molecule has 0 bridgehead atoms. The maximum atomic E-state index is 12.6. The van der Waals surface area contributed by atoms with E-state index >= 15 is 0 Å². The zero-order chi connectivity index (χ0) is 18.4. The smallest absolute Gasteiger partial charge is 0.319 e. The molecule has 2 amide bonds. The summed E-state index contributed by atoms with van der Waals surface area (Å²) in [6, 6.07) is 3.56. The van der Waals surface area contributed by atoms with Crippen molar-refractivity contribution in [2.24, 2.45) is 0 Å². The summed E-state index contributed by atoms with van der Waals surface area (Å²) in [4.78, 5) is 22.7. The van der Waals surface area contributed by atoms with Crippen molar-refractivity contribution in [3.8, 4) is 0 Å². The number of halogens is 1. The van der Waals surface area contributed by atoms with Crippen LogP contribution in [0.2, 0.25) is 5.02 Å². The van der Waals surface area contributed by atoms with E-state index in [1.165, 1.54) is 29.4 Å². The molecule has 1 heterocycles. The Bertz CT molecular complexity index is 748. The number of anilines is 1. The van der Waals surface area contributed by atoms with Crippen LogP contribution in [0.3, 0.4) is 0 Å². The highest BCUT2D eigenvalue weighted by atomic mass is 35.5. The van der Waals surface area contributed by atoms with E-state index in [2.05, 4.69) is 10.6 Å². The number of Topliss-reactive ketones (excluding diaryl/α,β-unsaturated/α-hetero) is 1. The summed E-state index contributed by atoms with van der Waals surface area (Å²) < 4.78 is 31.8. The lowest BCUT2D eigenvalue weighted by Gasteiger charge is -2.26. The van der Waals surface area contributed by atoms with E-state index in [0.717, 1.165) is 0 Å². The lowest BCUT2D eigenvalue weighted by molar-refractivity contribution is -0.116. The molecule has 1 aliphatic rings. The predicted molar refractivity (Wildman–Crippen MR) is 93.3 cm³/mol. The van der Waals surface area contributed by atoms with Crippen molar-refractivity contribution >= 4 is 39.1 Å². The standard InChI is InChI=1S/C15H20ClN3O5S/c1-11(20)4-5-17-15(21)18-14-10-12(2-3-13(14)16)25(22,23)19-6-8-24-9-7-19/h2-3,10H,4-9H2,1H3,(H2,17,18,21). The first kappa shape index (κ1) is 19.6. The number of nitrogens with one attached hydrogen (secondary N) is 2. The highest BCUT2D eigenvalue weighted by Crippen LogP contribution is 2.27. The third kappa shape index (κ3) is 5.40. The first-order valence-electron chi connectivity index (χ1n) is 7.72. The van der Waals surface area contributed by atoms with Crippen LogP contribution in [-0.2, 0) is 19.6 Å². The molecule has 0 aliphatic carbocycles. The molecule has 10 heteroatoms. The van der Waals surface area contributed by atoms with Gasteiger partial charge in [0.25, 0.3) is 0 Å². The van der Waals surface area contributed by atoms with E-state index in [1.807, 2.05) is 0 Å². The minimum absolute atomic E-state index is 0.0397. The number of urea groups is 1. The van der Waals surface area contributed by atoms with Crippen molar-refractivity contribution in [2.45, 2.75) is 18.2 Å². The van der Waals surface area contributed by atoms with Crippen LogP contribution in [0.5, 0.6) is 0 Å². The van der Waals surface area contributed by atoms with Gasteiger partial charge >= 0.3 is 6.03 Å². The summed E-state index contributed by atoms with van der Waals surface area (Å²) in [7, 11) is -3.69. The topological polar surface area (TPSA) is 105 Å². The second-order valence-electron chi connectivity index (χ2n) is 5.49. The minimum Gasteiger partial charge on any atom is -0.379 e. The molecule has 2 rings (SSSR count). The summed E-state index contributed by atoms with van der Waals surface area (Å²) >= 11 is 6.04. The van der Waals surface area contributed by atoms with Gasteiger partial charge in [0.2, 0.25) is 10.0 Å². The maximum absolute atomic E-state index is 12.6. The van der Waals surface area contributed by atoms with Crippen LogP contribution >= 0.6 is 11.6 Å². The lowest BCUT2D eigenvalue weighted by Crippen LogP contribution is -2.40. The largest absolute Gasteiger partial charge is 0.379 e. The first-order valence-corrected chi connectivity index (χ1v) is 9.54. The van der Waals surface area contributed by atoms with E-state index in [1.54, 1.807) is 0 Å². The Morgan fingerprint density at radius 3 is 2.60 bits per heavy atom. The summed E-state index contributed by atoms with van der Waals surface area (Å²) in [6.07, 6.45) is 0.215. The van der Waals surface area contributed by atoms with E-state index in [4.69, 9.17) is 16.3 Å². The van der Waals surface area contributed by atoms with Crippen LogP contribution < -0.4 is 10.6 Å². The predicted octanol–water partition coefficient (Wildman–Crippen LogP) is 1.46. The number of carbonyl (C=O) groups is 2. The van der Waals surface area contributed by atoms with Crippen LogP contribution in [0.4, 0.5) is 10.5 Å². The van der Waals surface area contributed by atoms with Crippen molar-refractivity contribution in [1.29, 1.82) is 0 Å². The quantitative estimate of drug-likeness (QED) is 0.766. The third-order valence-electron chi connectivity index (χ3n) is 3.56. The highest BCUT2D eigenvalue weighted by molar-refractivity contribution is 7.89. The number of amides is 2. The number of carbonyl (C=O) groups excluding carboxylic acids is 2. The van der Waals surface area contributed by atoms with Crippen molar-refractivity contribution in [3.63, 3.8) is 0 Å². The van der Waals surface area contributed by atoms with Crippen molar-refractivity contribution in [1.82, 2.24) is 9.62 Å². The monoisotopic (exact) mass is 389 g/mol. The van der Waals surface area contributed by atoms with Gasteiger partial charge in [0.05, 0.1) is 28.8 Å². The zero-order valence-corrected chi connectivity index (χ0v) is 15.3. The summed E-state index contributed by atoms with van der Waals surface area (Å²) in [5.41, 5.74) is 0.177. The normalized spacial score (nSPS) is 15.6. The number of benzene rings is 1. The van der Waals surface area contributed by atoms with Gasteiger partial charge in [0.1, 0.15) is 5.78 Å². The summed E-state index contributed by atoms with van der Waals surface area (Å²) in [5, 5.41) is 5.21. The fourth-order valence-electron chi connectivity index (χ4n) is 2.22. The Morgan fingerprint density at radius 1 is 1.28 bits per heavy atom. The van der Waals surface area contributed by atoms with Crippen LogP contribution in [0.15, 0.2) is 23.1 Å². The number of ether oxygens (including phenoxy) is 1. The Balaban J connectivity index is 2.11. The SMILES string of the molecule is CC(=O)CCNC(=O)Nc1cc(S(=O)(=O)N2CCOCC2)ccc1Cl. The molecule has 0 saturated carbocycles. The van der Waals surface area contributed by atoms with Crippen LogP contribution in [0.1, 0.15) is 13.3 Å². The second kappa shape index (κ2) is 8.61. The number of hydrogen-bond donors (Lipinski definition) is 2. The highest BCUT2D eigenvalue weighted by Gasteiger charge is 2.27. The van der Waals surface area contributed by atoms with Gasteiger partial charge in [0.15, 0.2) is 0 Å². The molecular formula is C15H20ClN3O5S. The lowest BCUT2D eigenvalue weighted by atomic mass is 10.3. The van der Waals surface area contributed by atoms with E-state index in [0.29, 0.717) is 13.2 Å². The van der Waals surface area contributed by atoms with Gasteiger partial charge in [-0.15, -0.1) is 0 Å². The Kier molecular flexibility index (Phi) is 6.77. The Morgan fingerprint density at radius 2 is 1.96 bits per heavy atom. The molecule has 0 unspecified atom stereocenters. The molecule has 0 spiro atoms. The molecule has 0 atom stereocenters. The Labute approximate surface area is 151 Å². The van der Waals surface area contributed by atoms with E-state index in [9.17, 15) is 18.0 Å². The molecule has 138 valence electrons. The number of hydrogen-bond acceptors (Lipinski definition) is 5. The molecule has 2 N–H and O–H groups in total. The van der Waals surface area contributed by atoms with Crippen LogP contribution in [0, 0.1) is 0 Å². The number of nitrogens with zero attached hydrogens (tertiary/aromatic N) is 1. The second-order valence-corrected chi connectivity index (χ2v) is 7.84. The molecule has 0 aromatic heterocycles. The number of ketones is 1. The molecule has 1 fully saturated rings. The van der Waals surface area contributed by atoms with Crippen molar-refractivity contribution in [2.75, 3.05) is 38.2 Å². The van der Waals surface area contributed by atoms with Gasteiger partial charge in [-0.1, -0.05) is 11.6 Å².